The highest BCUT2D eigenvalue weighted by Gasteiger charge is 1.96. The van der Waals surface area contributed by atoms with Crippen LogP contribution < -0.4 is 10.5 Å². The van der Waals surface area contributed by atoms with E-state index in [9.17, 15) is 0 Å². The number of nitrogen functional groups attached to an aromatic ring is 1. The Morgan fingerprint density at radius 1 is 1.29 bits per heavy atom. The Labute approximate surface area is 104 Å². The van der Waals surface area contributed by atoms with Gasteiger partial charge in [-0.25, -0.2) is 9.97 Å². The zero-order chi connectivity index (χ0) is 11.9. The van der Waals surface area contributed by atoms with Crippen LogP contribution in [0.25, 0.3) is 0 Å². The molecule has 0 atom stereocenters. The van der Waals surface area contributed by atoms with Gasteiger partial charge in [0, 0.05) is 23.7 Å². The highest BCUT2D eigenvalue weighted by Crippen LogP contribution is 2.16. The number of nitrogens with zero attached hydrogens (tertiary/aromatic N) is 2. The van der Waals surface area contributed by atoms with E-state index in [0.717, 1.165) is 16.5 Å². The fraction of sp³-hybridized carbons (Fsp3) is 0.167. The minimum absolute atomic E-state index is 0.623. The Hall–Kier alpha value is -1.75. The summed E-state index contributed by atoms with van der Waals surface area (Å²) in [5.41, 5.74) is 6.37. The maximum absolute atomic E-state index is 5.65. The molecule has 0 unspecified atom stereocenters. The van der Waals surface area contributed by atoms with Crippen LogP contribution in [-0.4, -0.2) is 22.3 Å². The second-order valence-corrected chi connectivity index (χ2v) is 4.43. The lowest BCUT2D eigenvalue weighted by Crippen LogP contribution is -2.00. The fourth-order valence-electron chi connectivity index (χ4n) is 1.27. The lowest BCUT2D eigenvalue weighted by Gasteiger charge is -2.06. The molecule has 17 heavy (non-hydrogen) atoms. The number of nitrogens with two attached hydrogens (primary N) is 1. The molecule has 4 nitrogen and oxygen atoms in total. The number of aromatic nitrogens is 2. The average Bonchev–Trinajstić information content (AvgIpc) is 2.36. The van der Waals surface area contributed by atoms with E-state index in [1.54, 1.807) is 24.3 Å². The molecule has 0 saturated heterocycles. The molecule has 0 fully saturated rings. The van der Waals surface area contributed by atoms with Crippen molar-refractivity contribution in [3.8, 4) is 5.75 Å². The van der Waals surface area contributed by atoms with Crippen LogP contribution in [0.5, 0.6) is 5.75 Å². The summed E-state index contributed by atoms with van der Waals surface area (Å²) in [6.07, 6.45) is 3.27. The van der Waals surface area contributed by atoms with Crippen LogP contribution in [0, 0.1) is 0 Å². The van der Waals surface area contributed by atoms with Crippen LogP contribution >= 0.6 is 11.8 Å². The Morgan fingerprint density at radius 3 is 3.00 bits per heavy atom. The molecule has 1 aromatic heterocycles. The van der Waals surface area contributed by atoms with E-state index in [2.05, 4.69) is 9.97 Å². The minimum Gasteiger partial charge on any atom is -0.493 e. The first-order valence-electron chi connectivity index (χ1n) is 5.22. The van der Waals surface area contributed by atoms with Gasteiger partial charge in [-0.3, -0.25) is 0 Å². The van der Waals surface area contributed by atoms with Crippen molar-refractivity contribution in [2.24, 2.45) is 0 Å². The van der Waals surface area contributed by atoms with Crippen molar-refractivity contribution in [3.05, 3.63) is 42.9 Å². The number of anilines is 1. The average molecular weight is 247 g/mol. The first kappa shape index (κ1) is 11.7. The Morgan fingerprint density at radius 2 is 2.24 bits per heavy atom. The van der Waals surface area contributed by atoms with E-state index in [-0.39, 0.29) is 0 Å². The molecule has 0 amide bonds. The van der Waals surface area contributed by atoms with Crippen molar-refractivity contribution in [1.29, 1.82) is 0 Å². The Balaban J connectivity index is 1.73. The van der Waals surface area contributed by atoms with Crippen molar-refractivity contribution in [2.45, 2.75) is 5.03 Å². The third-order valence-electron chi connectivity index (χ3n) is 2.01. The lowest BCUT2D eigenvalue weighted by molar-refractivity contribution is 0.344. The highest BCUT2D eigenvalue weighted by molar-refractivity contribution is 7.99. The van der Waals surface area contributed by atoms with Gasteiger partial charge < -0.3 is 10.5 Å². The molecule has 1 heterocycles. The van der Waals surface area contributed by atoms with Crippen LogP contribution in [0.3, 0.4) is 0 Å². The summed E-state index contributed by atoms with van der Waals surface area (Å²) in [4.78, 5) is 7.98. The minimum atomic E-state index is 0.623. The highest BCUT2D eigenvalue weighted by atomic mass is 32.2. The molecule has 0 saturated carbocycles. The van der Waals surface area contributed by atoms with Gasteiger partial charge in [0.25, 0.3) is 0 Å². The summed E-state index contributed by atoms with van der Waals surface area (Å²) in [5, 5.41) is 0.955. The second kappa shape index (κ2) is 6.10. The SMILES string of the molecule is Nc1cccc(OCCSc2ccncn2)c1. The molecule has 1 aromatic carbocycles. The third-order valence-corrected chi connectivity index (χ3v) is 2.92. The van der Waals surface area contributed by atoms with Crippen LogP contribution in [-0.2, 0) is 0 Å². The van der Waals surface area contributed by atoms with Gasteiger partial charge in [-0.2, -0.15) is 0 Å². The largest absolute Gasteiger partial charge is 0.493 e. The fourth-order valence-corrected chi connectivity index (χ4v) is 1.93. The normalized spacial score (nSPS) is 10.1. The van der Waals surface area contributed by atoms with Crippen molar-refractivity contribution in [2.75, 3.05) is 18.1 Å². The van der Waals surface area contributed by atoms with Gasteiger partial charge in [0.1, 0.15) is 12.1 Å². The van der Waals surface area contributed by atoms with E-state index in [1.165, 1.54) is 0 Å². The number of hydrogen-bond donors (Lipinski definition) is 1. The van der Waals surface area contributed by atoms with Crippen LogP contribution in [0.4, 0.5) is 5.69 Å². The van der Waals surface area contributed by atoms with Gasteiger partial charge in [-0.15, -0.1) is 11.8 Å². The number of benzene rings is 1. The smallest absolute Gasteiger partial charge is 0.121 e. The van der Waals surface area contributed by atoms with Gasteiger partial charge >= 0.3 is 0 Å². The molecule has 0 aliphatic carbocycles. The van der Waals surface area contributed by atoms with Crippen molar-refractivity contribution in [1.82, 2.24) is 9.97 Å². The molecule has 5 heteroatoms. The van der Waals surface area contributed by atoms with Crippen molar-refractivity contribution >= 4 is 17.4 Å². The van der Waals surface area contributed by atoms with Crippen LogP contribution in [0.2, 0.25) is 0 Å². The van der Waals surface area contributed by atoms with Gasteiger partial charge in [0.15, 0.2) is 0 Å². The van der Waals surface area contributed by atoms with Crippen molar-refractivity contribution in [3.63, 3.8) is 0 Å². The van der Waals surface area contributed by atoms with Crippen LogP contribution in [0.15, 0.2) is 47.9 Å². The second-order valence-electron chi connectivity index (χ2n) is 3.32. The predicted octanol–water partition coefficient (Wildman–Crippen LogP) is 2.23. The molecule has 0 aliphatic heterocycles. The van der Waals surface area contributed by atoms with E-state index < -0.39 is 0 Å². The summed E-state index contributed by atoms with van der Waals surface area (Å²) in [7, 11) is 0. The first-order valence-corrected chi connectivity index (χ1v) is 6.20. The van der Waals surface area contributed by atoms with Gasteiger partial charge in [0.05, 0.1) is 11.6 Å². The maximum Gasteiger partial charge on any atom is 0.121 e. The number of hydrogen-bond acceptors (Lipinski definition) is 5. The van der Waals surface area contributed by atoms with Crippen LogP contribution in [0.1, 0.15) is 0 Å². The molecule has 2 rings (SSSR count). The Bertz CT molecular complexity index is 464. The number of rotatable bonds is 5. The third kappa shape index (κ3) is 3.96. The van der Waals surface area contributed by atoms with Gasteiger partial charge in [0.2, 0.25) is 0 Å². The quantitative estimate of drug-likeness (QED) is 0.380. The zero-order valence-corrected chi connectivity index (χ0v) is 10.1. The predicted molar refractivity (Wildman–Crippen MR) is 69.1 cm³/mol. The molecule has 0 radical (unpaired) electrons. The molecule has 88 valence electrons. The monoisotopic (exact) mass is 247 g/mol. The van der Waals surface area contributed by atoms with E-state index >= 15 is 0 Å². The summed E-state index contributed by atoms with van der Waals surface area (Å²) < 4.78 is 5.56. The molecule has 2 N–H and O–H groups in total. The Kier molecular flexibility index (Phi) is 4.21. The molecule has 0 bridgehead atoms. The summed E-state index contributed by atoms with van der Waals surface area (Å²) in [5.74, 6) is 1.64. The maximum atomic E-state index is 5.65. The molecular formula is C12H13N3OS. The molecule has 0 spiro atoms. The van der Waals surface area contributed by atoms with Crippen molar-refractivity contribution < 1.29 is 4.74 Å². The lowest BCUT2D eigenvalue weighted by atomic mass is 10.3. The number of thioether (sulfide) groups is 1. The van der Waals surface area contributed by atoms with E-state index in [4.69, 9.17) is 10.5 Å². The molecular weight excluding hydrogens is 234 g/mol. The summed E-state index contributed by atoms with van der Waals surface area (Å²) in [6, 6.07) is 9.30. The summed E-state index contributed by atoms with van der Waals surface area (Å²) >= 11 is 1.64. The topological polar surface area (TPSA) is 61.0 Å². The standard InChI is InChI=1S/C12H13N3OS/c13-10-2-1-3-11(8-10)16-6-7-17-12-4-5-14-9-15-12/h1-5,8-9H,6-7,13H2. The van der Waals surface area contributed by atoms with Gasteiger partial charge in [-0.1, -0.05) is 6.07 Å². The molecule has 0 aliphatic rings. The first-order chi connectivity index (χ1) is 8.34. The van der Waals surface area contributed by atoms with E-state index in [0.29, 0.717) is 12.3 Å². The van der Waals surface area contributed by atoms with Gasteiger partial charge in [-0.05, 0) is 18.2 Å². The molecule has 2 aromatic rings. The number of ether oxygens (including phenoxy) is 1. The zero-order valence-electron chi connectivity index (χ0n) is 9.24. The van der Waals surface area contributed by atoms with E-state index in [1.807, 2.05) is 30.3 Å². The summed E-state index contributed by atoms with van der Waals surface area (Å²) in [6.45, 7) is 0.623.